The Morgan fingerprint density at radius 2 is 2.00 bits per heavy atom. The summed E-state index contributed by atoms with van der Waals surface area (Å²) >= 11 is 0. The molecule has 1 unspecified atom stereocenters. The molecule has 0 spiro atoms. The summed E-state index contributed by atoms with van der Waals surface area (Å²) in [5.74, 6) is 0.540. The van der Waals surface area contributed by atoms with Crippen LogP contribution in [0.5, 0.6) is 0 Å². The van der Waals surface area contributed by atoms with E-state index in [4.69, 9.17) is 0 Å². The lowest BCUT2D eigenvalue weighted by atomic mass is 10.0. The standard InChI is InChI=1S/C13H19NO2S/c1-2-6-12-9-10-14(11-12)17(15,16)13-7-4-3-5-8-13/h3-5,7-8,12H,2,6,9-11H2,1H3. The summed E-state index contributed by atoms with van der Waals surface area (Å²) in [6.07, 6.45) is 3.25. The summed E-state index contributed by atoms with van der Waals surface area (Å²) < 4.78 is 26.2. The largest absolute Gasteiger partial charge is 0.243 e. The average molecular weight is 253 g/mol. The van der Waals surface area contributed by atoms with Crippen LogP contribution in [0.1, 0.15) is 26.2 Å². The van der Waals surface area contributed by atoms with Crippen LogP contribution in [-0.4, -0.2) is 25.8 Å². The van der Waals surface area contributed by atoms with Crippen molar-refractivity contribution in [2.45, 2.75) is 31.1 Å². The minimum absolute atomic E-state index is 0.414. The van der Waals surface area contributed by atoms with Crippen LogP contribution >= 0.6 is 0 Å². The van der Waals surface area contributed by atoms with Gasteiger partial charge in [-0.3, -0.25) is 0 Å². The molecular formula is C13H19NO2S. The molecule has 0 aliphatic carbocycles. The molecule has 3 nitrogen and oxygen atoms in total. The lowest BCUT2D eigenvalue weighted by molar-refractivity contribution is 0.444. The smallest absolute Gasteiger partial charge is 0.207 e. The van der Waals surface area contributed by atoms with Crippen LogP contribution in [0.2, 0.25) is 0 Å². The van der Waals surface area contributed by atoms with E-state index in [9.17, 15) is 8.42 Å². The zero-order valence-corrected chi connectivity index (χ0v) is 11.0. The third kappa shape index (κ3) is 2.69. The molecule has 94 valence electrons. The second-order valence-electron chi connectivity index (χ2n) is 4.62. The van der Waals surface area contributed by atoms with E-state index in [-0.39, 0.29) is 0 Å². The molecule has 1 aromatic carbocycles. The van der Waals surface area contributed by atoms with Gasteiger partial charge < -0.3 is 0 Å². The molecule has 0 aromatic heterocycles. The molecule has 1 saturated heterocycles. The van der Waals surface area contributed by atoms with Crippen LogP contribution in [0.15, 0.2) is 35.2 Å². The number of hydrogen-bond acceptors (Lipinski definition) is 2. The Morgan fingerprint density at radius 3 is 2.65 bits per heavy atom. The minimum atomic E-state index is -3.26. The van der Waals surface area contributed by atoms with Gasteiger partial charge in [0, 0.05) is 13.1 Å². The zero-order valence-electron chi connectivity index (χ0n) is 10.2. The first-order valence-electron chi connectivity index (χ1n) is 6.20. The number of rotatable bonds is 4. The minimum Gasteiger partial charge on any atom is -0.207 e. The topological polar surface area (TPSA) is 37.4 Å². The lowest BCUT2D eigenvalue weighted by Gasteiger charge is -2.16. The fourth-order valence-electron chi connectivity index (χ4n) is 2.40. The van der Waals surface area contributed by atoms with Crippen molar-refractivity contribution < 1.29 is 8.42 Å². The maximum atomic E-state index is 12.3. The molecule has 1 atom stereocenters. The normalized spacial score (nSPS) is 21.8. The fourth-order valence-corrected chi connectivity index (χ4v) is 3.95. The number of benzene rings is 1. The van der Waals surface area contributed by atoms with Crippen LogP contribution in [0.25, 0.3) is 0 Å². The molecule has 0 bridgehead atoms. The summed E-state index contributed by atoms with van der Waals surface area (Å²) in [5, 5.41) is 0. The Kier molecular flexibility index (Phi) is 3.84. The van der Waals surface area contributed by atoms with E-state index < -0.39 is 10.0 Å². The van der Waals surface area contributed by atoms with Crippen LogP contribution in [0.3, 0.4) is 0 Å². The maximum absolute atomic E-state index is 12.3. The van der Waals surface area contributed by atoms with Gasteiger partial charge in [-0.2, -0.15) is 4.31 Å². The lowest BCUT2D eigenvalue weighted by Crippen LogP contribution is -2.28. The molecule has 1 fully saturated rings. The van der Waals surface area contributed by atoms with Crippen LogP contribution in [0.4, 0.5) is 0 Å². The summed E-state index contributed by atoms with van der Waals surface area (Å²) in [6, 6.07) is 8.72. The zero-order chi connectivity index (χ0) is 12.3. The highest BCUT2D eigenvalue weighted by molar-refractivity contribution is 7.89. The van der Waals surface area contributed by atoms with Crippen LogP contribution < -0.4 is 0 Å². The van der Waals surface area contributed by atoms with Gasteiger partial charge in [0.2, 0.25) is 10.0 Å². The van der Waals surface area contributed by atoms with Crippen molar-refractivity contribution in [3.63, 3.8) is 0 Å². The predicted molar refractivity (Wildman–Crippen MR) is 68.2 cm³/mol. The van der Waals surface area contributed by atoms with Gasteiger partial charge >= 0.3 is 0 Å². The second kappa shape index (κ2) is 5.19. The van der Waals surface area contributed by atoms with Gasteiger partial charge in [0.1, 0.15) is 0 Å². The number of nitrogens with zero attached hydrogens (tertiary/aromatic N) is 1. The summed E-state index contributed by atoms with van der Waals surface area (Å²) in [7, 11) is -3.26. The third-order valence-electron chi connectivity index (χ3n) is 3.33. The number of sulfonamides is 1. The van der Waals surface area contributed by atoms with E-state index in [1.807, 2.05) is 6.07 Å². The van der Waals surface area contributed by atoms with Crippen molar-refractivity contribution in [3.05, 3.63) is 30.3 Å². The first kappa shape index (κ1) is 12.6. The highest BCUT2D eigenvalue weighted by Crippen LogP contribution is 2.26. The van der Waals surface area contributed by atoms with E-state index in [1.165, 1.54) is 0 Å². The van der Waals surface area contributed by atoms with Crippen molar-refractivity contribution in [1.29, 1.82) is 0 Å². The molecule has 1 aromatic rings. The molecule has 0 N–H and O–H groups in total. The molecule has 17 heavy (non-hydrogen) atoms. The van der Waals surface area contributed by atoms with Crippen molar-refractivity contribution in [2.75, 3.05) is 13.1 Å². The Labute approximate surface area is 104 Å². The molecule has 0 saturated carbocycles. The first-order chi connectivity index (χ1) is 8.14. The van der Waals surface area contributed by atoms with Crippen LogP contribution in [0, 0.1) is 5.92 Å². The van der Waals surface area contributed by atoms with E-state index in [2.05, 4.69) is 6.92 Å². The average Bonchev–Trinajstić information content (AvgIpc) is 2.80. The molecule has 2 rings (SSSR count). The SMILES string of the molecule is CCCC1CCN(S(=O)(=O)c2ccccc2)C1. The van der Waals surface area contributed by atoms with E-state index in [1.54, 1.807) is 28.6 Å². The molecule has 1 aliphatic rings. The molecule has 4 heteroatoms. The van der Waals surface area contributed by atoms with Gasteiger partial charge in [0.25, 0.3) is 0 Å². The Bertz CT molecular complexity index is 456. The Balaban J connectivity index is 2.13. The van der Waals surface area contributed by atoms with E-state index in [0.717, 1.165) is 19.3 Å². The molecule has 1 heterocycles. The first-order valence-corrected chi connectivity index (χ1v) is 7.64. The molecular weight excluding hydrogens is 234 g/mol. The van der Waals surface area contributed by atoms with Crippen molar-refractivity contribution in [2.24, 2.45) is 5.92 Å². The van der Waals surface area contributed by atoms with Crippen molar-refractivity contribution in [3.8, 4) is 0 Å². The van der Waals surface area contributed by atoms with Crippen molar-refractivity contribution >= 4 is 10.0 Å². The summed E-state index contributed by atoms with van der Waals surface area (Å²) in [6.45, 7) is 3.50. The summed E-state index contributed by atoms with van der Waals surface area (Å²) in [4.78, 5) is 0.414. The fraction of sp³-hybridized carbons (Fsp3) is 0.538. The number of hydrogen-bond donors (Lipinski definition) is 0. The van der Waals surface area contributed by atoms with Gasteiger partial charge in [-0.25, -0.2) is 8.42 Å². The van der Waals surface area contributed by atoms with Crippen LogP contribution in [-0.2, 0) is 10.0 Å². The second-order valence-corrected chi connectivity index (χ2v) is 6.56. The third-order valence-corrected chi connectivity index (χ3v) is 5.21. The predicted octanol–water partition coefficient (Wildman–Crippen LogP) is 2.50. The monoisotopic (exact) mass is 253 g/mol. The van der Waals surface area contributed by atoms with Gasteiger partial charge in [-0.05, 0) is 30.9 Å². The quantitative estimate of drug-likeness (QED) is 0.826. The Hall–Kier alpha value is -0.870. The van der Waals surface area contributed by atoms with Gasteiger partial charge in [0.05, 0.1) is 4.90 Å². The highest BCUT2D eigenvalue weighted by Gasteiger charge is 2.31. The molecule has 0 amide bonds. The van der Waals surface area contributed by atoms with Gasteiger partial charge in [0.15, 0.2) is 0 Å². The Morgan fingerprint density at radius 1 is 1.29 bits per heavy atom. The maximum Gasteiger partial charge on any atom is 0.243 e. The van der Waals surface area contributed by atoms with E-state index >= 15 is 0 Å². The molecule has 1 aliphatic heterocycles. The summed E-state index contributed by atoms with van der Waals surface area (Å²) in [5.41, 5.74) is 0. The van der Waals surface area contributed by atoms with Gasteiger partial charge in [-0.1, -0.05) is 31.5 Å². The van der Waals surface area contributed by atoms with E-state index in [0.29, 0.717) is 23.9 Å². The van der Waals surface area contributed by atoms with Gasteiger partial charge in [-0.15, -0.1) is 0 Å². The van der Waals surface area contributed by atoms with Crippen molar-refractivity contribution in [1.82, 2.24) is 4.31 Å². The highest BCUT2D eigenvalue weighted by atomic mass is 32.2. The molecule has 0 radical (unpaired) electrons.